The summed E-state index contributed by atoms with van der Waals surface area (Å²) < 4.78 is 0. The minimum absolute atomic E-state index is 0.0243. The molecule has 28 heavy (non-hydrogen) atoms. The second-order valence-electron chi connectivity index (χ2n) is 7.68. The summed E-state index contributed by atoms with van der Waals surface area (Å²) in [5.41, 5.74) is 2.17. The zero-order chi connectivity index (χ0) is 19.8. The van der Waals surface area contributed by atoms with Gasteiger partial charge in [0.25, 0.3) is 0 Å². The smallest absolute Gasteiger partial charge is 0.322 e. The molecule has 0 aromatic heterocycles. The van der Waals surface area contributed by atoms with Gasteiger partial charge in [0.15, 0.2) is 0 Å². The summed E-state index contributed by atoms with van der Waals surface area (Å²) in [6, 6.07) is 20.3. The monoisotopic (exact) mass is 380 g/mol. The number of piperazine rings is 1. The molecule has 5 nitrogen and oxygen atoms in total. The molecule has 0 bridgehead atoms. The molecule has 1 saturated heterocycles. The molecule has 2 aromatic rings. The third kappa shape index (κ3) is 6.08. The standard InChI is InChI=1S/C23H32N4O/c1-20(19-26-17-15-25(2)16-18-26)24-23(28)27(22-11-7-4-8-12-22)14-13-21-9-5-3-6-10-21/h3-12,20H,13-19H2,1-2H3,(H,24,28)/t20-/m0/s1. The Bertz CT molecular complexity index is 714. The summed E-state index contributed by atoms with van der Waals surface area (Å²) in [4.78, 5) is 19.7. The van der Waals surface area contributed by atoms with E-state index in [1.807, 2.05) is 53.4 Å². The first-order chi connectivity index (χ1) is 13.6. The molecule has 0 saturated carbocycles. The Labute approximate surface area is 168 Å². The first-order valence-corrected chi connectivity index (χ1v) is 10.2. The molecule has 5 heteroatoms. The van der Waals surface area contributed by atoms with Crippen molar-refractivity contribution < 1.29 is 4.79 Å². The molecule has 1 aliphatic heterocycles. The number of carbonyl (C=O) groups is 1. The Hall–Kier alpha value is -2.37. The zero-order valence-electron chi connectivity index (χ0n) is 17.1. The molecule has 0 aliphatic carbocycles. The van der Waals surface area contributed by atoms with Gasteiger partial charge in [-0.05, 0) is 38.1 Å². The molecule has 150 valence electrons. The molecule has 1 aliphatic rings. The average molecular weight is 381 g/mol. The van der Waals surface area contributed by atoms with Crippen LogP contribution >= 0.6 is 0 Å². The highest BCUT2D eigenvalue weighted by Crippen LogP contribution is 2.15. The molecule has 3 rings (SSSR count). The maximum absolute atomic E-state index is 13.1. The number of amides is 2. The van der Waals surface area contributed by atoms with Crippen molar-refractivity contribution in [3.8, 4) is 0 Å². The molecule has 0 unspecified atom stereocenters. The van der Waals surface area contributed by atoms with Crippen molar-refractivity contribution in [1.29, 1.82) is 0 Å². The predicted molar refractivity (Wildman–Crippen MR) is 116 cm³/mol. The number of nitrogens with zero attached hydrogens (tertiary/aromatic N) is 3. The molecule has 0 radical (unpaired) electrons. The van der Waals surface area contributed by atoms with Gasteiger partial charge in [-0.2, -0.15) is 0 Å². The fourth-order valence-corrected chi connectivity index (χ4v) is 3.59. The number of nitrogens with one attached hydrogen (secondary N) is 1. The summed E-state index contributed by atoms with van der Waals surface area (Å²) in [7, 11) is 2.16. The molecular weight excluding hydrogens is 348 g/mol. The highest BCUT2D eigenvalue weighted by Gasteiger charge is 2.20. The van der Waals surface area contributed by atoms with Crippen LogP contribution in [-0.4, -0.2) is 68.2 Å². The summed E-state index contributed by atoms with van der Waals surface area (Å²) in [5.74, 6) is 0. The van der Waals surface area contributed by atoms with E-state index in [9.17, 15) is 4.79 Å². The normalized spacial score (nSPS) is 16.5. The zero-order valence-corrected chi connectivity index (χ0v) is 17.1. The quantitative estimate of drug-likeness (QED) is 0.802. The fraction of sp³-hybridized carbons (Fsp3) is 0.435. The lowest BCUT2D eigenvalue weighted by Gasteiger charge is -2.34. The van der Waals surface area contributed by atoms with Gasteiger partial charge < -0.3 is 10.2 Å². The lowest BCUT2D eigenvalue weighted by atomic mass is 10.1. The Morgan fingerprint density at radius 1 is 1.00 bits per heavy atom. The SMILES string of the molecule is C[C@@H](CN1CCN(C)CC1)NC(=O)N(CCc1ccccc1)c1ccccc1. The predicted octanol–water partition coefficient (Wildman–Crippen LogP) is 3.08. The van der Waals surface area contributed by atoms with Crippen molar-refractivity contribution in [2.75, 3.05) is 51.2 Å². The summed E-state index contributed by atoms with van der Waals surface area (Å²) in [6.45, 7) is 7.95. The molecule has 2 amide bonds. The topological polar surface area (TPSA) is 38.8 Å². The fourth-order valence-electron chi connectivity index (χ4n) is 3.59. The van der Waals surface area contributed by atoms with Gasteiger partial charge in [0.1, 0.15) is 0 Å². The van der Waals surface area contributed by atoms with Crippen LogP contribution in [0.3, 0.4) is 0 Å². The van der Waals surface area contributed by atoms with Crippen LogP contribution in [0.4, 0.5) is 10.5 Å². The number of likely N-dealkylation sites (N-methyl/N-ethyl adjacent to an activating group) is 1. The molecular formula is C23H32N4O. The summed E-state index contributed by atoms with van der Waals surface area (Å²) in [6.07, 6.45) is 0.829. The van der Waals surface area contributed by atoms with E-state index < -0.39 is 0 Å². The average Bonchev–Trinajstić information content (AvgIpc) is 2.71. The second-order valence-corrected chi connectivity index (χ2v) is 7.68. The van der Waals surface area contributed by atoms with E-state index in [4.69, 9.17) is 0 Å². The molecule has 1 heterocycles. The van der Waals surface area contributed by atoms with Crippen LogP contribution in [0.2, 0.25) is 0 Å². The number of hydrogen-bond donors (Lipinski definition) is 1. The van der Waals surface area contributed by atoms with E-state index in [-0.39, 0.29) is 12.1 Å². The van der Waals surface area contributed by atoms with Gasteiger partial charge in [-0.1, -0.05) is 48.5 Å². The highest BCUT2D eigenvalue weighted by molar-refractivity contribution is 5.92. The summed E-state index contributed by atoms with van der Waals surface area (Å²) in [5, 5.41) is 3.20. The van der Waals surface area contributed by atoms with E-state index in [1.165, 1.54) is 5.56 Å². The first kappa shape index (κ1) is 20.4. The molecule has 1 N–H and O–H groups in total. The Balaban J connectivity index is 1.59. The molecule has 1 fully saturated rings. The minimum atomic E-state index is -0.0243. The van der Waals surface area contributed by atoms with Gasteiger partial charge >= 0.3 is 6.03 Å². The van der Waals surface area contributed by atoms with E-state index in [2.05, 4.69) is 41.2 Å². The largest absolute Gasteiger partial charge is 0.334 e. The number of carbonyl (C=O) groups excluding carboxylic acids is 1. The second kappa shape index (κ2) is 10.2. The van der Waals surface area contributed by atoms with Crippen LogP contribution in [0, 0.1) is 0 Å². The van der Waals surface area contributed by atoms with E-state index in [1.54, 1.807) is 0 Å². The van der Waals surface area contributed by atoms with Gasteiger partial charge in [-0.15, -0.1) is 0 Å². The number of anilines is 1. The molecule has 1 atom stereocenters. The third-order valence-corrected chi connectivity index (χ3v) is 5.28. The van der Waals surface area contributed by atoms with Gasteiger partial charge in [0.05, 0.1) is 0 Å². The van der Waals surface area contributed by atoms with Crippen molar-refractivity contribution in [2.45, 2.75) is 19.4 Å². The van der Waals surface area contributed by atoms with Crippen LogP contribution < -0.4 is 10.2 Å². The number of hydrogen-bond acceptors (Lipinski definition) is 3. The number of urea groups is 1. The molecule has 0 spiro atoms. The first-order valence-electron chi connectivity index (χ1n) is 10.2. The molecule has 2 aromatic carbocycles. The lowest BCUT2D eigenvalue weighted by molar-refractivity contribution is 0.145. The third-order valence-electron chi connectivity index (χ3n) is 5.28. The Kier molecular flexibility index (Phi) is 7.46. The van der Waals surface area contributed by atoms with Crippen LogP contribution in [0.15, 0.2) is 60.7 Å². The lowest BCUT2D eigenvalue weighted by Crippen LogP contribution is -2.52. The maximum Gasteiger partial charge on any atom is 0.322 e. The van der Waals surface area contributed by atoms with E-state index >= 15 is 0 Å². The Morgan fingerprint density at radius 3 is 2.25 bits per heavy atom. The number of rotatable bonds is 7. The number of benzene rings is 2. The van der Waals surface area contributed by atoms with E-state index in [0.29, 0.717) is 6.54 Å². The van der Waals surface area contributed by atoms with Crippen LogP contribution in [0.5, 0.6) is 0 Å². The van der Waals surface area contributed by atoms with Crippen LogP contribution in [-0.2, 0) is 6.42 Å². The van der Waals surface area contributed by atoms with Crippen molar-refractivity contribution in [2.24, 2.45) is 0 Å². The highest BCUT2D eigenvalue weighted by atomic mass is 16.2. The maximum atomic E-state index is 13.1. The van der Waals surface area contributed by atoms with Crippen LogP contribution in [0.25, 0.3) is 0 Å². The van der Waals surface area contributed by atoms with Gasteiger partial charge in [0.2, 0.25) is 0 Å². The van der Waals surface area contributed by atoms with Crippen molar-refractivity contribution in [3.05, 3.63) is 66.2 Å². The minimum Gasteiger partial charge on any atom is -0.334 e. The van der Waals surface area contributed by atoms with Crippen LogP contribution in [0.1, 0.15) is 12.5 Å². The van der Waals surface area contributed by atoms with Crippen molar-refractivity contribution in [1.82, 2.24) is 15.1 Å². The van der Waals surface area contributed by atoms with Crippen molar-refractivity contribution >= 4 is 11.7 Å². The van der Waals surface area contributed by atoms with E-state index in [0.717, 1.165) is 44.8 Å². The number of para-hydroxylation sites is 1. The van der Waals surface area contributed by atoms with Gasteiger partial charge in [0, 0.05) is 51.0 Å². The van der Waals surface area contributed by atoms with Gasteiger partial charge in [-0.3, -0.25) is 9.80 Å². The van der Waals surface area contributed by atoms with Crippen molar-refractivity contribution in [3.63, 3.8) is 0 Å². The van der Waals surface area contributed by atoms with Gasteiger partial charge in [-0.25, -0.2) is 4.79 Å². The summed E-state index contributed by atoms with van der Waals surface area (Å²) >= 11 is 0. The Morgan fingerprint density at radius 2 is 1.61 bits per heavy atom.